The normalized spacial score (nSPS) is 17.2. The molecule has 1 heterocycles. The van der Waals surface area contributed by atoms with Gasteiger partial charge in [0.1, 0.15) is 0 Å². The number of sulfonamides is 1. The van der Waals surface area contributed by atoms with Gasteiger partial charge in [-0.25, -0.2) is 13.1 Å². The van der Waals surface area contributed by atoms with E-state index in [2.05, 4.69) is 15.4 Å². The number of rotatable bonds is 5. The van der Waals surface area contributed by atoms with Crippen LogP contribution in [0.3, 0.4) is 0 Å². The number of anilines is 1. The fourth-order valence-corrected chi connectivity index (χ4v) is 3.08. The quantitative estimate of drug-likeness (QED) is 0.720. The molecular formula is C13H17N3O4S. The highest BCUT2D eigenvalue weighted by atomic mass is 32.2. The molecule has 8 heteroatoms. The zero-order valence-electron chi connectivity index (χ0n) is 11.8. The van der Waals surface area contributed by atoms with Crippen LogP contribution in [0.25, 0.3) is 0 Å². The molecule has 1 aliphatic heterocycles. The first-order chi connectivity index (χ1) is 9.85. The van der Waals surface area contributed by atoms with Crippen molar-refractivity contribution in [3.8, 4) is 0 Å². The Hall–Kier alpha value is -1.93. The van der Waals surface area contributed by atoms with Gasteiger partial charge < -0.3 is 10.6 Å². The maximum atomic E-state index is 12.1. The Morgan fingerprint density at radius 2 is 2.10 bits per heavy atom. The third-order valence-corrected chi connectivity index (χ3v) is 4.65. The SMILES string of the molecule is CCNC(=O)CNS(=O)(=O)c1ccc2c(c1)[C@@H](C)C(=O)N2. The van der Waals surface area contributed by atoms with E-state index in [4.69, 9.17) is 0 Å². The molecule has 0 fully saturated rings. The van der Waals surface area contributed by atoms with E-state index >= 15 is 0 Å². The molecule has 0 unspecified atom stereocenters. The summed E-state index contributed by atoms with van der Waals surface area (Å²) in [5.74, 6) is -0.944. The minimum atomic E-state index is -3.79. The largest absolute Gasteiger partial charge is 0.355 e. The molecule has 0 spiro atoms. The van der Waals surface area contributed by atoms with Crippen molar-refractivity contribution in [1.82, 2.24) is 10.0 Å². The first-order valence-electron chi connectivity index (χ1n) is 6.56. The van der Waals surface area contributed by atoms with Gasteiger partial charge in [-0.2, -0.15) is 0 Å². The average Bonchev–Trinajstić information content (AvgIpc) is 2.72. The topological polar surface area (TPSA) is 104 Å². The highest BCUT2D eigenvalue weighted by Crippen LogP contribution is 2.33. The van der Waals surface area contributed by atoms with Gasteiger partial charge in [0.2, 0.25) is 21.8 Å². The predicted molar refractivity (Wildman–Crippen MR) is 77.4 cm³/mol. The molecular weight excluding hydrogens is 294 g/mol. The fourth-order valence-electron chi connectivity index (χ4n) is 2.07. The smallest absolute Gasteiger partial charge is 0.241 e. The van der Waals surface area contributed by atoms with Crippen molar-refractivity contribution in [2.75, 3.05) is 18.4 Å². The molecule has 0 aliphatic carbocycles. The second-order valence-corrected chi connectivity index (χ2v) is 6.51. The lowest BCUT2D eigenvalue weighted by Gasteiger charge is -2.09. The molecule has 0 bridgehead atoms. The average molecular weight is 311 g/mol. The Kier molecular flexibility index (Phi) is 4.29. The van der Waals surface area contributed by atoms with Gasteiger partial charge in [-0.05, 0) is 37.6 Å². The molecule has 0 radical (unpaired) electrons. The summed E-state index contributed by atoms with van der Waals surface area (Å²) in [4.78, 5) is 22.9. The van der Waals surface area contributed by atoms with Crippen molar-refractivity contribution < 1.29 is 18.0 Å². The second-order valence-electron chi connectivity index (χ2n) is 4.74. The van der Waals surface area contributed by atoms with Crippen LogP contribution in [-0.2, 0) is 19.6 Å². The van der Waals surface area contributed by atoms with E-state index in [9.17, 15) is 18.0 Å². The van der Waals surface area contributed by atoms with Crippen LogP contribution in [0.5, 0.6) is 0 Å². The van der Waals surface area contributed by atoms with E-state index in [-0.39, 0.29) is 17.3 Å². The van der Waals surface area contributed by atoms with Crippen LogP contribution >= 0.6 is 0 Å². The summed E-state index contributed by atoms with van der Waals surface area (Å²) < 4.78 is 26.5. The van der Waals surface area contributed by atoms with E-state index < -0.39 is 21.8 Å². The number of amides is 2. The van der Waals surface area contributed by atoms with E-state index in [1.54, 1.807) is 19.9 Å². The third-order valence-electron chi connectivity index (χ3n) is 3.25. The molecule has 1 aromatic carbocycles. The molecule has 1 atom stereocenters. The molecule has 0 saturated heterocycles. The summed E-state index contributed by atoms with van der Waals surface area (Å²) in [6, 6.07) is 4.41. The van der Waals surface area contributed by atoms with E-state index in [1.807, 2.05) is 0 Å². The lowest BCUT2D eigenvalue weighted by atomic mass is 10.0. The van der Waals surface area contributed by atoms with Crippen LogP contribution in [0.2, 0.25) is 0 Å². The van der Waals surface area contributed by atoms with Crippen LogP contribution in [0, 0.1) is 0 Å². The van der Waals surface area contributed by atoms with Crippen LogP contribution < -0.4 is 15.4 Å². The minimum Gasteiger partial charge on any atom is -0.355 e. The third kappa shape index (κ3) is 3.22. The van der Waals surface area contributed by atoms with Crippen LogP contribution in [0.15, 0.2) is 23.1 Å². The van der Waals surface area contributed by atoms with Crippen molar-refractivity contribution in [2.24, 2.45) is 0 Å². The molecule has 21 heavy (non-hydrogen) atoms. The van der Waals surface area contributed by atoms with E-state index in [0.717, 1.165) is 0 Å². The molecule has 0 aromatic heterocycles. The van der Waals surface area contributed by atoms with Gasteiger partial charge in [-0.3, -0.25) is 9.59 Å². The van der Waals surface area contributed by atoms with Crippen molar-refractivity contribution in [1.29, 1.82) is 0 Å². The zero-order chi connectivity index (χ0) is 15.6. The molecule has 0 saturated carbocycles. The second kappa shape index (κ2) is 5.82. The lowest BCUT2D eigenvalue weighted by molar-refractivity contribution is -0.120. The van der Waals surface area contributed by atoms with Gasteiger partial charge >= 0.3 is 0 Å². The molecule has 2 amide bonds. The standard InChI is InChI=1S/C13H17N3O4S/c1-3-14-12(17)7-15-21(19,20)9-4-5-11-10(6-9)8(2)13(18)16-11/h4-6,8,15H,3,7H2,1-2H3,(H,14,17)(H,16,18)/t8-/m1/s1. The number of carbonyl (C=O) groups excluding carboxylic acids is 2. The Morgan fingerprint density at radius 1 is 1.38 bits per heavy atom. The van der Waals surface area contributed by atoms with Gasteiger partial charge in [0.25, 0.3) is 0 Å². The molecule has 1 aliphatic rings. The maximum absolute atomic E-state index is 12.1. The molecule has 3 N–H and O–H groups in total. The van der Waals surface area contributed by atoms with Gasteiger partial charge in [0, 0.05) is 12.2 Å². The highest BCUT2D eigenvalue weighted by Gasteiger charge is 2.28. The molecule has 1 aromatic rings. The molecule has 114 valence electrons. The number of hydrogen-bond donors (Lipinski definition) is 3. The van der Waals surface area contributed by atoms with Crippen molar-refractivity contribution in [3.63, 3.8) is 0 Å². The Bertz CT molecular complexity index is 685. The number of nitrogens with one attached hydrogen (secondary N) is 3. The first kappa shape index (κ1) is 15.5. The van der Waals surface area contributed by atoms with Gasteiger partial charge in [-0.15, -0.1) is 0 Å². The van der Waals surface area contributed by atoms with E-state index in [1.165, 1.54) is 12.1 Å². The number of carbonyl (C=O) groups is 2. The monoisotopic (exact) mass is 311 g/mol. The summed E-state index contributed by atoms with van der Waals surface area (Å²) in [5.41, 5.74) is 1.26. The summed E-state index contributed by atoms with van der Waals surface area (Å²) in [6.45, 7) is 3.57. The first-order valence-corrected chi connectivity index (χ1v) is 8.04. The molecule has 2 rings (SSSR count). The van der Waals surface area contributed by atoms with Gasteiger partial charge in [0.05, 0.1) is 17.4 Å². The summed E-state index contributed by atoms with van der Waals surface area (Å²) in [6.07, 6.45) is 0. The molecule has 7 nitrogen and oxygen atoms in total. The Morgan fingerprint density at radius 3 is 2.76 bits per heavy atom. The minimum absolute atomic E-state index is 0.0360. The fraction of sp³-hybridized carbons (Fsp3) is 0.385. The number of fused-ring (bicyclic) bond motifs is 1. The summed E-state index contributed by atoms with van der Waals surface area (Å²) in [5, 5.41) is 5.18. The number of likely N-dealkylation sites (N-methyl/N-ethyl adjacent to an activating group) is 1. The van der Waals surface area contributed by atoms with Crippen LogP contribution in [0.4, 0.5) is 5.69 Å². The van der Waals surface area contributed by atoms with Gasteiger partial charge in [0.15, 0.2) is 0 Å². The van der Waals surface area contributed by atoms with Gasteiger partial charge in [-0.1, -0.05) is 0 Å². The van der Waals surface area contributed by atoms with Crippen LogP contribution in [0.1, 0.15) is 25.3 Å². The van der Waals surface area contributed by atoms with Crippen molar-refractivity contribution in [3.05, 3.63) is 23.8 Å². The summed E-state index contributed by atoms with van der Waals surface area (Å²) in [7, 11) is -3.79. The van der Waals surface area contributed by atoms with E-state index in [0.29, 0.717) is 17.8 Å². The summed E-state index contributed by atoms with van der Waals surface area (Å²) >= 11 is 0. The van der Waals surface area contributed by atoms with Crippen molar-refractivity contribution in [2.45, 2.75) is 24.7 Å². The maximum Gasteiger partial charge on any atom is 0.241 e. The van der Waals surface area contributed by atoms with Crippen molar-refractivity contribution >= 4 is 27.5 Å². The Balaban J connectivity index is 2.19. The number of benzene rings is 1. The Labute approximate surface area is 123 Å². The number of hydrogen-bond acceptors (Lipinski definition) is 4. The van der Waals surface area contributed by atoms with Crippen LogP contribution in [-0.4, -0.2) is 33.3 Å². The predicted octanol–water partition coefficient (Wildman–Crippen LogP) is 0.157. The zero-order valence-corrected chi connectivity index (χ0v) is 12.6. The lowest BCUT2D eigenvalue weighted by Crippen LogP contribution is -2.36. The highest BCUT2D eigenvalue weighted by molar-refractivity contribution is 7.89.